The van der Waals surface area contributed by atoms with Gasteiger partial charge in [0.2, 0.25) is 5.91 Å². The second-order valence-corrected chi connectivity index (χ2v) is 8.26. The van der Waals surface area contributed by atoms with Gasteiger partial charge in [0.15, 0.2) is 0 Å². The van der Waals surface area contributed by atoms with Crippen LogP contribution in [0.4, 0.5) is 4.39 Å². The van der Waals surface area contributed by atoms with Crippen LogP contribution in [0.2, 0.25) is 0 Å². The number of benzene rings is 1. The number of likely N-dealkylation sites (tertiary alicyclic amines) is 1. The first-order valence-corrected chi connectivity index (χ1v) is 9.76. The van der Waals surface area contributed by atoms with Gasteiger partial charge in [-0.3, -0.25) is 4.79 Å². The highest BCUT2D eigenvalue weighted by Gasteiger charge is 2.42. The van der Waals surface area contributed by atoms with Gasteiger partial charge in [0.05, 0.1) is 5.41 Å². The van der Waals surface area contributed by atoms with Gasteiger partial charge in [0.1, 0.15) is 5.82 Å². The Morgan fingerprint density at radius 2 is 1.92 bits per heavy atom. The summed E-state index contributed by atoms with van der Waals surface area (Å²) >= 11 is 0. The molecule has 2 unspecified atom stereocenters. The number of nitrogens with one attached hydrogen (secondary N) is 1. The molecule has 1 saturated carbocycles. The summed E-state index contributed by atoms with van der Waals surface area (Å²) in [5.74, 6) is 1.28. The number of hydrogen-bond acceptors (Lipinski definition) is 2. The Bertz CT molecular complexity index is 587. The van der Waals surface area contributed by atoms with Crippen LogP contribution < -0.4 is 5.32 Å². The largest absolute Gasteiger partial charge is 0.354 e. The van der Waals surface area contributed by atoms with Gasteiger partial charge in [0, 0.05) is 26.2 Å². The number of carbonyl (C=O) groups is 1. The van der Waals surface area contributed by atoms with Crippen LogP contribution in [0.15, 0.2) is 24.3 Å². The molecule has 1 aromatic carbocycles. The van der Waals surface area contributed by atoms with E-state index in [2.05, 4.69) is 24.1 Å². The molecule has 3 rings (SSSR count). The molecular weight excluding hydrogens is 315 g/mol. The van der Waals surface area contributed by atoms with Crippen molar-refractivity contribution in [1.29, 1.82) is 0 Å². The monoisotopic (exact) mass is 346 g/mol. The second kappa shape index (κ2) is 7.86. The molecule has 138 valence electrons. The summed E-state index contributed by atoms with van der Waals surface area (Å²) in [6.45, 7) is 8.43. The minimum Gasteiger partial charge on any atom is -0.354 e. The number of hydrogen-bond donors (Lipinski definition) is 1. The van der Waals surface area contributed by atoms with E-state index in [9.17, 15) is 9.18 Å². The zero-order chi connectivity index (χ0) is 17.9. The first kappa shape index (κ1) is 18.4. The summed E-state index contributed by atoms with van der Waals surface area (Å²) in [4.78, 5) is 15.5. The fourth-order valence-corrected chi connectivity index (χ4v) is 4.88. The lowest BCUT2D eigenvalue weighted by atomic mass is 9.78. The van der Waals surface area contributed by atoms with Gasteiger partial charge in [-0.25, -0.2) is 4.39 Å². The lowest BCUT2D eigenvalue weighted by Gasteiger charge is -2.35. The van der Waals surface area contributed by atoms with Crippen molar-refractivity contribution in [2.75, 3.05) is 26.2 Å². The summed E-state index contributed by atoms with van der Waals surface area (Å²) in [5, 5.41) is 3.16. The first-order chi connectivity index (χ1) is 12.0. The summed E-state index contributed by atoms with van der Waals surface area (Å²) < 4.78 is 13.7. The van der Waals surface area contributed by atoms with E-state index in [1.807, 2.05) is 6.07 Å². The minimum absolute atomic E-state index is 0.0775. The molecule has 1 N–H and O–H groups in total. The van der Waals surface area contributed by atoms with E-state index in [-0.39, 0.29) is 11.7 Å². The molecule has 0 aromatic heterocycles. The quantitative estimate of drug-likeness (QED) is 0.881. The third-order valence-electron chi connectivity index (χ3n) is 5.93. The number of amides is 1. The fraction of sp³-hybridized carbons (Fsp3) is 0.667. The SMILES string of the molecule is CC1CC(C)CN(CCNC(=O)C2(c3cccc(F)c3)CCCC2)C1. The van der Waals surface area contributed by atoms with Crippen LogP contribution in [-0.2, 0) is 10.2 Å². The van der Waals surface area contributed by atoms with Gasteiger partial charge in [-0.1, -0.05) is 38.8 Å². The summed E-state index contributed by atoms with van der Waals surface area (Å²) in [5.41, 5.74) is 0.299. The van der Waals surface area contributed by atoms with E-state index < -0.39 is 5.41 Å². The van der Waals surface area contributed by atoms with Gasteiger partial charge in [-0.2, -0.15) is 0 Å². The molecule has 0 spiro atoms. The highest BCUT2D eigenvalue weighted by Crippen LogP contribution is 2.41. The van der Waals surface area contributed by atoms with Gasteiger partial charge in [-0.05, 0) is 48.8 Å². The predicted molar refractivity (Wildman–Crippen MR) is 98.9 cm³/mol. The Kier molecular flexibility index (Phi) is 5.78. The van der Waals surface area contributed by atoms with Crippen LogP contribution in [0.25, 0.3) is 0 Å². The standard InChI is InChI=1S/C21H31FN2O/c1-16-12-17(2)15-24(14-16)11-10-23-20(25)21(8-3-4-9-21)18-6-5-7-19(22)13-18/h5-7,13,16-17H,3-4,8-12,14-15H2,1-2H3,(H,23,25). The fourth-order valence-electron chi connectivity index (χ4n) is 4.88. The molecule has 1 aliphatic carbocycles. The van der Waals surface area contributed by atoms with Crippen molar-refractivity contribution in [3.63, 3.8) is 0 Å². The highest BCUT2D eigenvalue weighted by molar-refractivity contribution is 5.88. The molecule has 1 amide bonds. The average Bonchev–Trinajstić information content (AvgIpc) is 3.05. The van der Waals surface area contributed by atoms with Crippen molar-refractivity contribution >= 4 is 5.91 Å². The molecule has 1 aromatic rings. The molecule has 3 nitrogen and oxygen atoms in total. The zero-order valence-electron chi connectivity index (χ0n) is 15.6. The second-order valence-electron chi connectivity index (χ2n) is 8.26. The van der Waals surface area contributed by atoms with Gasteiger partial charge < -0.3 is 10.2 Å². The number of carbonyl (C=O) groups excluding carboxylic acids is 1. The Labute approximate surface area is 151 Å². The third kappa shape index (κ3) is 4.22. The third-order valence-corrected chi connectivity index (χ3v) is 5.93. The topological polar surface area (TPSA) is 32.3 Å². The first-order valence-electron chi connectivity index (χ1n) is 9.76. The van der Waals surface area contributed by atoms with E-state index in [1.165, 1.54) is 12.5 Å². The number of piperidine rings is 1. The van der Waals surface area contributed by atoms with E-state index in [1.54, 1.807) is 12.1 Å². The van der Waals surface area contributed by atoms with Crippen molar-refractivity contribution in [2.45, 2.75) is 51.4 Å². The zero-order valence-corrected chi connectivity index (χ0v) is 15.6. The van der Waals surface area contributed by atoms with E-state index in [0.717, 1.165) is 62.7 Å². The van der Waals surface area contributed by atoms with Crippen LogP contribution in [0.3, 0.4) is 0 Å². The molecule has 2 fully saturated rings. The number of rotatable bonds is 5. The van der Waals surface area contributed by atoms with Crippen molar-refractivity contribution in [3.05, 3.63) is 35.6 Å². The molecule has 1 saturated heterocycles. The van der Waals surface area contributed by atoms with Crippen molar-refractivity contribution in [3.8, 4) is 0 Å². The Morgan fingerprint density at radius 3 is 2.56 bits per heavy atom. The summed E-state index contributed by atoms with van der Waals surface area (Å²) in [6.07, 6.45) is 5.00. The average molecular weight is 346 g/mol. The molecule has 0 bridgehead atoms. The van der Waals surface area contributed by atoms with E-state index in [4.69, 9.17) is 0 Å². The molecule has 25 heavy (non-hydrogen) atoms. The van der Waals surface area contributed by atoms with Crippen LogP contribution in [0, 0.1) is 17.7 Å². The van der Waals surface area contributed by atoms with Crippen molar-refractivity contribution < 1.29 is 9.18 Å². The summed E-state index contributed by atoms with van der Waals surface area (Å²) in [6, 6.07) is 6.61. The molecule has 0 radical (unpaired) electrons. The van der Waals surface area contributed by atoms with E-state index in [0.29, 0.717) is 6.54 Å². The van der Waals surface area contributed by atoms with Crippen LogP contribution >= 0.6 is 0 Å². The maximum Gasteiger partial charge on any atom is 0.230 e. The molecule has 1 aliphatic heterocycles. The lowest BCUT2D eigenvalue weighted by Crippen LogP contribution is -2.47. The molecule has 2 atom stereocenters. The minimum atomic E-state index is -0.537. The Balaban J connectivity index is 1.60. The highest BCUT2D eigenvalue weighted by atomic mass is 19.1. The van der Waals surface area contributed by atoms with E-state index >= 15 is 0 Å². The Morgan fingerprint density at radius 1 is 1.24 bits per heavy atom. The maximum absolute atomic E-state index is 13.7. The predicted octanol–water partition coefficient (Wildman–Crippen LogP) is 3.73. The lowest BCUT2D eigenvalue weighted by molar-refractivity contribution is -0.126. The number of halogens is 1. The normalized spacial score (nSPS) is 26.5. The van der Waals surface area contributed by atoms with Crippen molar-refractivity contribution in [2.24, 2.45) is 11.8 Å². The molecule has 1 heterocycles. The molecule has 2 aliphatic rings. The molecule has 4 heteroatoms. The molecular formula is C21H31FN2O. The summed E-state index contributed by atoms with van der Waals surface area (Å²) in [7, 11) is 0. The van der Waals surface area contributed by atoms with Crippen LogP contribution in [-0.4, -0.2) is 37.0 Å². The van der Waals surface area contributed by atoms with Gasteiger partial charge >= 0.3 is 0 Å². The van der Waals surface area contributed by atoms with Crippen molar-refractivity contribution in [1.82, 2.24) is 10.2 Å². The maximum atomic E-state index is 13.7. The van der Waals surface area contributed by atoms with Crippen LogP contribution in [0.1, 0.15) is 51.5 Å². The van der Waals surface area contributed by atoms with Crippen LogP contribution in [0.5, 0.6) is 0 Å². The Hall–Kier alpha value is -1.42. The van der Waals surface area contributed by atoms with Gasteiger partial charge in [-0.15, -0.1) is 0 Å². The smallest absolute Gasteiger partial charge is 0.230 e. The number of nitrogens with zero attached hydrogens (tertiary/aromatic N) is 1. The van der Waals surface area contributed by atoms with Gasteiger partial charge in [0.25, 0.3) is 0 Å².